The van der Waals surface area contributed by atoms with Crippen LogP contribution in [0.3, 0.4) is 0 Å². The Labute approximate surface area is 92.6 Å². The van der Waals surface area contributed by atoms with E-state index >= 15 is 0 Å². The SMILES string of the molecule is CC1C=CC=CC1C1CC2CCC(C1)N2. The molecule has 1 heteroatoms. The van der Waals surface area contributed by atoms with E-state index in [4.69, 9.17) is 0 Å². The van der Waals surface area contributed by atoms with Crippen LogP contribution in [0.5, 0.6) is 0 Å². The zero-order valence-electron chi connectivity index (χ0n) is 9.52. The second-order valence-corrected chi connectivity index (χ2v) is 5.58. The van der Waals surface area contributed by atoms with Gasteiger partial charge in [-0.3, -0.25) is 0 Å². The molecule has 0 radical (unpaired) electrons. The molecule has 0 aromatic carbocycles. The second kappa shape index (κ2) is 3.79. The predicted octanol–water partition coefficient (Wildman–Crippen LogP) is 2.90. The zero-order chi connectivity index (χ0) is 10.3. The van der Waals surface area contributed by atoms with E-state index in [1.54, 1.807) is 0 Å². The first kappa shape index (κ1) is 9.65. The number of fused-ring (bicyclic) bond motifs is 2. The van der Waals surface area contributed by atoms with E-state index in [2.05, 4.69) is 36.5 Å². The van der Waals surface area contributed by atoms with Gasteiger partial charge in [0, 0.05) is 12.1 Å². The highest BCUT2D eigenvalue weighted by Gasteiger charge is 2.37. The Hall–Kier alpha value is -0.560. The Bertz CT molecular complexity index is 280. The molecule has 4 atom stereocenters. The lowest BCUT2D eigenvalue weighted by molar-refractivity contribution is 0.218. The molecule has 1 aliphatic carbocycles. The fraction of sp³-hybridized carbons (Fsp3) is 0.714. The van der Waals surface area contributed by atoms with Gasteiger partial charge < -0.3 is 5.32 Å². The maximum Gasteiger partial charge on any atom is 0.00731 e. The highest BCUT2D eigenvalue weighted by molar-refractivity contribution is 5.15. The third-order valence-electron chi connectivity index (χ3n) is 4.52. The van der Waals surface area contributed by atoms with Crippen molar-refractivity contribution < 1.29 is 0 Å². The quantitative estimate of drug-likeness (QED) is 0.691. The summed E-state index contributed by atoms with van der Waals surface area (Å²) in [6.07, 6.45) is 14.9. The van der Waals surface area contributed by atoms with Crippen LogP contribution in [0.1, 0.15) is 32.6 Å². The van der Waals surface area contributed by atoms with Gasteiger partial charge >= 0.3 is 0 Å². The molecule has 3 aliphatic rings. The first-order valence-electron chi connectivity index (χ1n) is 6.44. The number of rotatable bonds is 1. The summed E-state index contributed by atoms with van der Waals surface area (Å²) < 4.78 is 0. The Morgan fingerprint density at radius 3 is 2.33 bits per heavy atom. The van der Waals surface area contributed by atoms with Crippen LogP contribution in [0.15, 0.2) is 24.3 Å². The molecule has 2 bridgehead atoms. The molecular formula is C14H21N. The van der Waals surface area contributed by atoms with Crippen molar-refractivity contribution >= 4 is 0 Å². The minimum Gasteiger partial charge on any atom is -0.311 e. The predicted molar refractivity (Wildman–Crippen MR) is 63.6 cm³/mol. The van der Waals surface area contributed by atoms with Crippen LogP contribution in [-0.4, -0.2) is 12.1 Å². The molecule has 2 heterocycles. The van der Waals surface area contributed by atoms with Gasteiger partial charge in [-0.05, 0) is 43.4 Å². The summed E-state index contributed by atoms with van der Waals surface area (Å²) in [5.41, 5.74) is 0. The average Bonchev–Trinajstić information content (AvgIpc) is 2.58. The molecule has 2 saturated heterocycles. The molecule has 0 saturated carbocycles. The molecular weight excluding hydrogens is 182 g/mol. The molecule has 0 aromatic rings. The number of hydrogen-bond acceptors (Lipinski definition) is 1. The third-order valence-corrected chi connectivity index (χ3v) is 4.52. The van der Waals surface area contributed by atoms with Crippen molar-refractivity contribution in [3.8, 4) is 0 Å². The maximum absolute atomic E-state index is 3.73. The van der Waals surface area contributed by atoms with Crippen LogP contribution in [0, 0.1) is 17.8 Å². The summed E-state index contributed by atoms with van der Waals surface area (Å²) >= 11 is 0. The van der Waals surface area contributed by atoms with E-state index < -0.39 is 0 Å². The van der Waals surface area contributed by atoms with Gasteiger partial charge in [0.2, 0.25) is 0 Å². The minimum absolute atomic E-state index is 0.748. The number of piperidine rings is 1. The lowest BCUT2D eigenvalue weighted by Crippen LogP contribution is -2.41. The standard InChI is InChI=1S/C14H21N/c1-10-4-2-3-5-14(10)11-8-12-6-7-13(9-11)15-12/h2-5,10-15H,6-9H2,1H3. The normalized spacial score (nSPS) is 48.5. The largest absolute Gasteiger partial charge is 0.311 e. The maximum atomic E-state index is 3.73. The van der Waals surface area contributed by atoms with Gasteiger partial charge in [0.1, 0.15) is 0 Å². The summed E-state index contributed by atoms with van der Waals surface area (Å²) in [5.74, 6) is 2.48. The van der Waals surface area contributed by atoms with Crippen LogP contribution in [0.4, 0.5) is 0 Å². The fourth-order valence-electron chi connectivity index (χ4n) is 3.74. The van der Waals surface area contributed by atoms with Crippen molar-refractivity contribution in [2.75, 3.05) is 0 Å². The van der Waals surface area contributed by atoms with Crippen LogP contribution in [-0.2, 0) is 0 Å². The molecule has 2 fully saturated rings. The second-order valence-electron chi connectivity index (χ2n) is 5.58. The van der Waals surface area contributed by atoms with Gasteiger partial charge in [-0.25, -0.2) is 0 Å². The van der Waals surface area contributed by atoms with E-state index in [1.165, 1.54) is 25.7 Å². The Balaban J connectivity index is 1.72. The average molecular weight is 203 g/mol. The van der Waals surface area contributed by atoms with E-state index in [0.717, 1.165) is 29.8 Å². The van der Waals surface area contributed by atoms with Gasteiger partial charge in [-0.2, -0.15) is 0 Å². The molecule has 2 aliphatic heterocycles. The summed E-state index contributed by atoms with van der Waals surface area (Å²) in [4.78, 5) is 0. The highest BCUT2D eigenvalue weighted by atomic mass is 15.0. The van der Waals surface area contributed by atoms with Gasteiger partial charge in [0.05, 0.1) is 0 Å². The molecule has 0 amide bonds. The van der Waals surface area contributed by atoms with E-state index in [1.807, 2.05) is 0 Å². The molecule has 4 unspecified atom stereocenters. The Morgan fingerprint density at radius 2 is 1.67 bits per heavy atom. The Morgan fingerprint density at radius 1 is 1.00 bits per heavy atom. The first-order valence-corrected chi connectivity index (χ1v) is 6.44. The molecule has 1 N–H and O–H groups in total. The van der Waals surface area contributed by atoms with Crippen LogP contribution in [0.2, 0.25) is 0 Å². The van der Waals surface area contributed by atoms with Gasteiger partial charge in [-0.15, -0.1) is 0 Å². The molecule has 0 spiro atoms. The molecule has 82 valence electrons. The minimum atomic E-state index is 0.748. The van der Waals surface area contributed by atoms with Crippen molar-refractivity contribution in [1.29, 1.82) is 0 Å². The Kier molecular flexibility index (Phi) is 2.44. The summed E-state index contributed by atoms with van der Waals surface area (Å²) in [5, 5.41) is 3.73. The summed E-state index contributed by atoms with van der Waals surface area (Å²) in [7, 11) is 0. The van der Waals surface area contributed by atoms with Crippen LogP contribution >= 0.6 is 0 Å². The molecule has 3 rings (SSSR count). The smallest absolute Gasteiger partial charge is 0.00731 e. The molecule has 0 aromatic heterocycles. The van der Waals surface area contributed by atoms with Gasteiger partial charge in [-0.1, -0.05) is 31.2 Å². The van der Waals surface area contributed by atoms with Gasteiger partial charge in [0.25, 0.3) is 0 Å². The van der Waals surface area contributed by atoms with Crippen molar-refractivity contribution in [1.82, 2.24) is 5.32 Å². The fourth-order valence-corrected chi connectivity index (χ4v) is 3.74. The van der Waals surface area contributed by atoms with Gasteiger partial charge in [0.15, 0.2) is 0 Å². The van der Waals surface area contributed by atoms with E-state index in [0.29, 0.717) is 0 Å². The lowest BCUT2D eigenvalue weighted by atomic mass is 9.74. The lowest BCUT2D eigenvalue weighted by Gasteiger charge is -2.36. The number of allylic oxidation sites excluding steroid dienone is 4. The first-order chi connectivity index (χ1) is 7.33. The van der Waals surface area contributed by atoms with Crippen LogP contribution < -0.4 is 5.32 Å². The van der Waals surface area contributed by atoms with E-state index in [9.17, 15) is 0 Å². The zero-order valence-corrected chi connectivity index (χ0v) is 9.52. The van der Waals surface area contributed by atoms with Crippen molar-refractivity contribution in [2.45, 2.75) is 44.7 Å². The highest BCUT2D eigenvalue weighted by Crippen LogP contribution is 2.39. The third kappa shape index (κ3) is 1.78. The van der Waals surface area contributed by atoms with Crippen molar-refractivity contribution in [3.05, 3.63) is 24.3 Å². The van der Waals surface area contributed by atoms with Crippen molar-refractivity contribution in [2.24, 2.45) is 17.8 Å². The summed E-state index contributed by atoms with van der Waals surface area (Å²) in [6, 6.07) is 1.67. The van der Waals surface area contributed by atoms with E-state index in [-0.39, 0.29) is 0 Å². The summed E-state index contributed by atoms with van der Waals surface area (Å²) in [6.45, 7) is 2.37. The molecule has 1 nitrogen and oxygen atoms in total. The topological polar surface area (TPSA) is 12.0 Å². The van der Waals surface area contributed by atoms with Crippen LogP contribution in [0.25, 0.3) is 0 Å². The monoisotopic (exact) mass is 203 g/mol. The molecule has 15 heavy (non-hydrogen) atoms. The van der Waals surface area contributed by atoms with Crippen molar-refractivity contribution in [3.63, 3.8) is 0 Å². The number of nitrogens with one attached hydrogen (secondary N) is 1. The number of hydrogen-bond donors (Lipinski definition) is 1.